The number of benzene rings is 3. The first kappa shape index (κ1) is 21.5. The largest absolute Gasteiger partial charge is 0.484 e. The van der Waals surface area contributed by atoms with Crippen molar-refractivity contribution in [3.05, 3.63) is 89.5 Å². The summed E-state index contributed by atoms with van der Waals surface area (Å²) in [6, 6.07) is 21.1. The quantitative estimate of drug-likeness (QED) is 0.576. The molecule has 30 heavy (non-hydrogen) atoms. The number of amides is 1. The van der Waals surface area contributed by atoms with E-state index in [0.717, 1.165) is 22.4 Å². The molecule has 0 saturated heterocycles. The Balaban J connectivity index is 1.55. The molecule has 0 aromatic heterocycles. The number of ether oxygens (including phenoxy) is 1. The van der Waals surface area contributed by atoms with Crippen LogP contribution in [-0.4, -0.2) is 20.9 Å². The standard InChI is InChI=1S/C23H24N2O4S/c1-17-8-9-18(2)22(14-17)25-23(26)16-29-20-10-12-21(13-11-20)30(27,28)24-15-19-6-4-3-5-7-19/h3-14,24H,15-16H2,1-2H3,(H,25,26). The molecule has 3 rings (SSSR count). The van der Waals surface area contributed by atoms with E-state index in [1.54, 1.807) is 0 Å². The van der Waals surface area contributed by atoms with Gasteiger partial charge in [0.1, 0.15) is 5.75 Å². The molecule has 0 aliphatic carbocycles. The van der Waals surface area contributed by atoms with Crippen molar-refractivity contribution < 1.29 is 17.9 Å². The van der Waals surface area contributed by atoms with E-state index in [1.807, 2.05) is 62.4 Å². The molecule has 7 heteroatoms. The predicted molar refractivity (Wildman–Crippen MR) is 117 cm³/mol. The third-order valence-corrected chi connectivity index (χ3v) is 5.90. The molecule has 3 aromatic rings. The van der Waals surface area contributed by atoms with E-state index in [9.17, 15) is 13.2 Å². The van der Waals surface area contributed by atoms with Gasteiger partial charge in [0, 0.05) is 12.2 Å². The van der Waals surface area contributed by atoms with Crippen molar-refractivity contribution in [3.8, 4) is 5.75 Å². The zero-order valence-corrected chi connectivity index (χ0v) is 17.7. The smallest absolute Gasteiger partial charge is 0.262 e. The number of anilines is 1. The van der Waals surface area contributed by atoms with Crippen LogP contribution in [0.4, 0.5) is 5.69 Å². The van der Waals surface area contributed by atoms with E-state index in [0.29, 0.717) is 5.75 Å². The monoisotopic (exact) mass is 424 g/mol. The minimum Gasteiger partial charge on any atom is -0.484 e. The Morgan fingerprint density at radius 2 is 1.63 bits per heavy atom. The molecule has 1 amide bonds. The van der Waals surface area contributed by atoms with Crippen LogP contribution in [-0.2, 0) is 21.4 Å². The van der Waals surface area contributed by atoms with Gasteiger partial charge in [-0.15, -0.1) is 0 Å². The maximum atomic E-state index is 12.4. The summed E-state index contributed by atoms with van der Waals surface area (Å²) in [7, 11) is -3.64. The third-order valence-electron chi connectivity index (χ3n) is 4.48. The Morgan fingerprint density at radius 1 is 0.933 bits per heavy atom. The van der Waals surface area contributed by atoms with Crippen molar-refractivity contribution in [1.82, 2.24) is 4.72 Å². The Morgan fingerprint density at radius 3 is 2.33 bits per heavy atom. The van der Waals surface area contributed by atoms with Gasteiger partial charge in [-0.1, -0.05) is 42.5 Å². The molecule has 0 aliphatic rings. The van der Waals surface area contributed by atoms with Crippen LogP contribution in [0.1, 0.15) is 16.7 Å². The number of aryl methyl sites for hydroxylation is 2. The molecule has 0 atom stereocenters. The second-order valence-electron chi connectivity index (χ2n) is 6.94. The highest BCUT2D eigenvalue weighted by molar-refractivity contribution is 7.89. The average Bonchev–Trinajstić information content (AvgIpc) is 2.74. The maximum Gasteiger partial charge on any atom is 0.262 e. The Labute approximate surface area is 177 Å². The topological polar surface area (TPSA) is 84.5 Å². The van der Waals surface area contributed by atoms with Crippen molar-refractivity contribution in [2.24, 2.45) is 0 Å². The van der Waals surface area contributed by atoms with Crippen LogP contribution in [0.3, 0.4) is 0 Å². The fourth-order valence-electron chi connectivity index (χ4n) is 2.78. The second kappa shape index (κ2) is 9.56. The van der Waals surface area contributed by atoms with Crippen LogP contribution in [0.2, 0.25) is 0 Å². The van der Waals surface area contributed by atoms with Gasteiger partial charge in [0.25, 0.3) is 5.91 Å². The molecule has 156 valence electrons. The summed E-state index contributed by atoms with van der Waals surface area (Å²) >= 11 is 0. The van der Waals surface area contributed by atoms with E-state index >= 15 is 0 Å². The van der Waals surface area contributed by atoms with E-state index in [2.05, 4.69) is 10.0 Å². The van der Waals surface area contributed by atoms with E-state index in [4.69, 9.17) is 4.74 Å². The first-order valence-electron chi connectivity index (χ1n) is 9.47. The van der Waals surface area contributed by atoms with Gasteiger partial charge in [-0.3, -0.25) is 4.79 Å². The predicted octanol–water partition coefficient (Wildman–Crippen LogP) is 3.80. The number of sulfonamides is 1. The normalized spacial score (nSPS) is 11.1. The lowest BCUT2D eigenvalue weighted by molar-refractivity contribution is -0.118. The molecule has 0 saturated carbocycles. The summed E-state index contributed by atoms with van der Waals surface area (Å²) in [4.78, 5) is 12.3. The van der Waals surface area contributed by atoms with Gasteiger partial charge in [0.05, 0.1) is 4.90 Å². The lowest BCUT2D eigenvalue weighted by Gasteiger charge is -2.11. The highest BCUT2D eigenvalue weighted by Crippen LogP contribution is 2.18. The number of hydrogen-bond donors (Lipinski definition) is 2. The van der Waals surface area contributed by atoms with Crippen LogP contribution >= 0.6 is 0 Å². The number of rotatable bonds is 8. The van der Waals surface area contributed by atoms with Gasteiger partial charge in [-0.25, -0.2) is 13.1 Å². The van der Waals surface area contributed by atoms with Gasteiger partial charge < -0.3 is 10.1 Å². The number of hydrogen-bond acceptors (Lipinski definition) is 4. The number of nitrogens with one attached hydrogen (secondary N) is 2. The summed E-state index contributed by atoms with van der Waals surface area (Å²) < 4.78 is 32.9. The van der Waals surface area contributed by atoms with Crippen molar-refractivity contribution >= 4 is 21.6 Å². The molecular weight excluding hydrogens is 400 g/mol. The highest BCUT2D eigenvalue weighted by atomic mass is 32.2. The van der Waals surface area contributed by atoms with Crippen LogP contribution in [0, 0.1) is 13.8 Å². The molecule has 2 N–H and O–H groups in total. The number of carbonyl (C=O) groups excluding carboxylic acids is 1. The van der Waals surface area contributed by atoms with Gasteiger partial charge in [0.15, 0.2) is 6.61 Å². The molecule has 0 aliphatic heterocycles. The summed E-state index contributed by atoms with van der Waals surface area (Å²) in [6.45, 7) is 3.91. The SMILES string of the molecule is Cc1ccc(C)c(NC(=O)COc2ccc(S(=O)(=O)NCc3ccccc3)cc2)c1. The lowest BCUT2D eigenvalue weighted by Crippen LogP contribution is -2.23. The van der Waals surface area contributed by atoms with Gasteiger partial charge in [-0.2, -0.15) is 0 Å². The molecule has 0 unspecified atom stereocenters. The van der Waals surface area contributed by atoms with Crippen LogP contribution in [0.15, 0.2) is 77.7 Å². The fourth-order valence-corrected chi connectivity index (χ4v) is 3.80. The molecule has 0 fully saturated rings. The summed E-state index contributed by atoms with van der Waals surface area (Å²) in [5.41, 5.74) is 3.63. The first-order valence-corrected chi connectivity index (χ1v) is 11.0. The van der Waals surface area contributed by atoms with Crippen LogP contribution < -0.4 is 14.8 Å². The van der Waals surface area contributed by atoms with Crippen molar-refractivity contribution in [2.75, 3.05) is 11.9 Å². The molecular formula is C23H24N2O4S. The first-order chi connectivity index (χ1) is 14.3. The van der Waals surface area contributed by atoms with E-state index in [1.165, 1.54) is 24.3 Å². The van der Waals surface area contributed by atoms with Gasteiger partial charge in [0.2, 0.25) is 10.0 Å². The molecule has 6 nitrogen and oxygen atoms in total. The molecule has 0 radical (unpaired) electrons. The molecule has 0 spiro atoms. The van der Waals surface area contributed by atoms with E-state index in [-0.39, 0.29) is 24.0 Å². The Bertz CT molecular complexity index is 1110. The zero-order valence-electron chi connectivity index (χ0n) is 16.9. The fraction of sp³-hybridized carbons (Fsp3) is 0.174. The lowest BCUT2D eigenvalue weighted by atomic mass is 10.1. The molecule has 0 bridgehead atoms. The Hall–Kier alpha value is -3.16. The van der Waals surface area contributed by atoms with Gasteiger partial charge >= 0.3 is 0 Å². The van der Waals surface area contributed by atoms with Crippen molar-refractivity contribution in [1.29, 1.82) is 0 Å². The minimum atomic E-state index is -3.64. The van der Waals surface area contributed by atoms with Gasteiger partial charge in [-0.05, 0) is 60.9 Å². The second-order valence-corrected chi connectivity index (χ2v) is 8.70. The molecule has 0 heterocycles. The summed E-state index contributed by atoms with van der Waals surface area (Å²) in [5.74, 6) is 0.123. The maximum absolute atomic E-state index is 12.4. The third kappa shape index (κ3) is 5.92. The zero-order chi connectivity index (χ0) is 21.6. The van der Waals surface area contributed by atoms with Crippen molar-refractivity contribution in [3.63, 3.8) is 0 Å². The highest BCUT2D eigenvalue weighted by Gasteiger charge is 2.14. The van der Waals surface area contributed by atoms with Crippen LogP contribution in [0.25, 0.3) is 0 Å². The summed E-state index contributed by atoms with van der Waals surface area (Å²) in [6.07, 6.45) is 0. The minimum absolute atomic E-state index is 0.130. The van der Waals surface area contributed by atoms with E-state index < -0.39 is 10.0 Å². The Kier molecular flexibility index (Phi) is 6.87. The summed E-state index contributed by atoms with van der Waals surface area (Å²) in [5, 5.41) is 2.82. The van der Waals surface area contributed by atoms with Crippen molar-refractivity contribution in [2.45, 2.75) is 25.3 Å². The van der Waals surface area contributed by atoms with Crippen LogP contribution in [0.5, 0.6) is 5.75 Å². The number of carbonyl (C=O) groups is 1. The average molecular weight is 425 g/mol. The molecule has 3 aromatic carbocycles.